The molecule has 0 aliphatic rings. The van der Waals surface area contributed by atoms with Crippen LogP contribution in [0.3, 0.4) is 0 Å². The van der Waals surface area contributed by atoms with Crippen LogP contribution in [0.2, 0.25) is 0 Å². The molecule has 9 heteroatoms. The largest absolute Gasteiger partial charge is 0.508 e. The number of imidazole rings is 1. The summed E-state index contributed by atoms with van der Waals surface area (Å²) < 4.78 is 5.42. The second-order valence-corrected chi connectivity index (χ2v) is 10.9. The molecule has 9 nitrogen and oxygen atoms in total. The van der Waals surface area contributed by atoms with Crippen LogP contribution in [0.1, 0.15) is 62.5 Å². The number of nitrogens with one attached hydrogen (secondary N) is 1. The van der Waals surface area contributed by atoms with Gasteiger partial charge in [0.2, 0.25) is 11.8 Å². The predicted molar refractivity (Wildman–Crippen MR) is 168 cm³/mol. The van der Waals surface area contributed by atoms with E-state index < -0.39 is 18.0 Å². The molecule has 1 heterocycles. The lowest BCUT2D eigenvalue weighted by molar-refractivity contribution is -0.135. The molecule has 0 saturated heterocycles. The highest BCUT2D eigenvalue weighted by Gasteiger charge is 2.29. The first-order valence-electron chi connectivity index (χ1n) is 14.0. The van der Waals surface area contributed by atoms with E-state index in [0.29, 0.717) is 29.9 Å². The number of methoxy groups -OCH3 is 1. The fourth-order valence-electron chi connectivity index (χ4n) is 5.33. The molecule has 4 rings (SSSR count). The van der Waals surface area contributed by atoms with Gasteiger partial charge in [-0.1, -0.05) is 36.9 Å². The molecule has 0 spiro atoms. The standard InChI is InChI=1S/C34H39N5O4/c1-19-13-27(32(36)41)14-20(2)28(19)16-29(35)34(42)39(18-24-10-11-31(43-6)21(3)12-24)22(4)33-37-17-30(38-33)26-9-7-8-25(15-26)23(5)40/h7-15,17,22,29,40H,5,16,18,35H2,1-4,6H3,(H2,36,41)(H,37,38)/t22-,29-/m0/s1. The van der Waals surface area contributed by atoms with Crippen LogP contribution < -0.4 is 16.2 Å². The summed E-state index contributed by atoms with van der Waals surface area (Å²) in [6.45, 7) is 11.5. The Labute approximate surface area is 252 Å². The second kappa shape index (κ2) is 13.0. The molecule has 0 radical (unpaired) electrons. The van der Waals surface area contributed by atoms with Gasteiger partial charge < -0.3 is 31.2 Å². The molecule has 6 N–H and O–H groups in total. The molecule has 4 aromatic rings. The molecule has 224 valence electrons. The third kappa shape index (κ3) is 6.95. The first-order valence-corrected chi connectivity index (χ1v) is 14.0. The SMILES string of the molecule is C=C(O)c1cccc(-c2cnc([C@H](C)N(Cc3ccc(OC)c(C)c3)C(=O)[C@@H](N)Cc3c(C)cc(C(N)=O)cc3C)[nH]2)c1. The van der Waals surface area contributed by atoms with Crippen molar-refractivity contribution in [1.82, 2.24) is 14.9 Å². The Kier molecular flexibility index (Phi) is 9.36. The van der Waals surface area contributed by atoms with Crippen LogP contribution in [-0.4, -0.2) is 44.9 Å². The van der Waals surface area contributed by atoms with E-state index in [1.54, 1.807) is 36.4 Å². The molecule has 0 aliphatic heterocycles. The number of aromatic amines is 1. The average molecular weight is 582 g/mol. The van der Waals surface area contributed by atoms with Gasteiger partial charge in [-0.05, 0) is 86.2 Å². The van der Waals surface area contributed by atoms with Crippen molar-refractivity contribution in [2.75, 3.05) is 7.11 Å². The highest BCUT2D eigenvalue weighted by atomic mass is 16.5. The zero-order valence-electron chi connectivity index (χ0n) is 25.3. The summed E-state index contributed by atoms with van der Waals surface area (Å²) >= 11 is 0. The number of carbonyl (C=O) groups excluding carboxylic acids is 2. The molecule has 2 atom stereocenters. The highest BCUT2D eigenvalue weighted by Crippen LogP contribution is 2.28. The van der Waals surface area contributed by atoms with Crippen LogP contribution in [0, 0.1) is 20.8 Å². The van der Waals surface area contributed by atoms with E-state index in [-0.39, 0.29) is 11.7 Å². The minimum absolute atomic E-state index is 0.0229. The number of primary amides is 1. The van der Waals surface area contributed by atoms with Gasteiger partial charge in [-0.15, -0.1) is 0 Å². The molecule has 0 unspecified atom stereocenters. The van der Waals surface area contributed by atoms with Gasteiger partial charge in [0.25, 0.3) is 0 Å². The number of benzene rings is 3. The molecular formula is C34H39N5O4. The van der Waals surface area contributed by atoms with E-state index in [2.05, 4.69) is 16.5 Å². The minimum Gasteiger partial charge on any atom is -0.508 e. The lowest BCUT2D eigenvalue weighted by Crippen LogP contribution is -2.46. The van der Waals surface area contributed by atoms with Gasteiger partial charge in [0, 0.05) is 23.2 Å². The Bertz CT molecular complexity index is 1650. The van der Waals surface area contributed by atoms with Gasteiger partial charge in [-0.25, -0.2) is 4.98 Å². The summed E-state index contributed by atoms with van der Waals surface area (Å²) in [5.41, 5.74) is 19.2. The van der Waals surface area contributed by atoms with Crippen molar-refractivity contribution in [3.05, 3.63) is 112 Å². The van der Waals surface area contributed by atoms with Crippen molar-refractivity contribution in [2.45, 2.75) is 52.7 Å². The van der Waals surface area contributed by atoms with Gasteiger partial charge >= 0.3 is 0 Å². The number of ether oxygens (including phenoxy) is 1. The van der Waals surface area contributed by atoms with Gasteiger partial charge in [0.15, 0.2) is 0 Å². The highest BCUT2D eigenvalue weighted by molar-refractivity contribution is 5.93. The van der Waals surface area contributed by atoms with Crippen molar-refractivity contribution < 1.29 is 19.4 Å². The zero-order valence-corrected chi connectivity index (χ0v) is 25.3. The molecule has 0 saturated carbocycles. The zero-order chi connectivity index (χ0) is 31.4. The van der Waals surface area contributed by atoms with Crippen molar-refractivity contribution >= 4 is 17.6 Å². The monoisotopic (exact) mass is 581 g/mol. The number of nitrogens with two attached hydrogens (primary N) is 2. The fraction of sp³-hybridized carbons (Fsp3) is 0.265. The number of hydrogen-bond donors (Lipinski definition) is 4. The Hall–Kier alpha value is -4.89. The Balaban J connectivity index is 1.66. The fourth-order valence-corrected chi connectivity index (χ4v) is 5.33. The first-order chi connectivity index (χ1) is 20.4. The Morgan fingerprint density at radius 2 is 1.74 bits per heavy atom. The summed E-state index contributed by atoms with van der Waals surface area (Å²) in [7, 11) is 1.62. The smallest absolute Gasteiger partial charge is 0.248 e. The van der Waals surface area contributed by atoms with Gasteiger partial charge in [0.05, 0.1) is 31.1 Å². The number of amides is 2. The van der Waals surface area contributed by atoms with Crippen LogP contribution in [0.15, 0.2) is 67.4 Å². The number of hydrogen-bond acceptors (Lipinski definition) is 6. The molecule has 1 aromatic heterocycles. The number of carbonyl (C=O) groups is 2. The van der Waals surface area contributed by atoms with Crippen molar-refractivity contribution in [2.24, 2.45) is 11.5 Å². The lowest BCUT2D eigenvalue weighted by Gasteiger charge is -2.31. The van der Waals surface area contributed by atoms with Crippen LogP contribution in [-0.2, 0) is 17.8 Å². The lowest BCUT2D eigenvalue weighted by atomic mass is 9.93. The molecule has 0 fully saturated rings. The number of H-pyrrole nitrogens is 1. The molecule has 2 amide bonds. The number of aliphatic hydroxyl groups is 1. The summed E-state index contributed by atoms with van der Waals surface area (Å²) in [6, 6.07) is 15.3. The Morgan fingerprint density at radius 1 is 1.05 bits per heavy atom. The molecular weight excluding hydrogens is 542 g/mol. The summed E-state index contributed by atoms with van der Waals surface area (Å²) in [6.07, 6.45) is 2.00. The third-order valence-corrected chi connectivity index (χ3v) is 7.78. The van der Waals surface area contributed by atoms with E-state index in [1.165, 1.54) is 0 Å². The summed E-state index contributed by atoms with van der Waals surface area (Å²) in [5, 5.41) is 9.84. The normalized spacial score (nSPS) is 12.4. The van der Waals surface area contributed by atoms with E-state index in [9.17, 15) is 14.7 Å². The van der Waals surface area contributed by atoms with Crippen LogP contribution in [0.25, 0.3) is 17.0 Å². The topological polar surface area (TPSA) is 148 Å². The van der Waals surface area contributed by atoms with Crippen LogP contribution in [0.5, 0.6) is 5.75 Å². The maximum absolute atomic E-state index is 14.1. The Morgan fingerprint density at radius 3 is 2.35 bits per heavy atom. The maximum Gasteiger partial charge on any atom is 0.248 e. The third-order valence-electron chi connectivity index (χ3n) is 7.78. The number of aryl methyl sites for hydroxylation is 3. The molecule has 43 heavy (non-hydrogen) atoms. The van der Waals surface area contributed by atoms with Crippen LogP contribution in [0.4, 0.5) is 0 Å². The number of rotatable bonds is 11. The molecule has 0 bridgehead atoms. The van der Waals surface area contributed by atoms with E-state index >= 15 is 0 Å². The quantitative estimate of drug-likeness (QED) is 0.177. The van der Waals surface area contributed by atoms with Crippen molar-refractivity contribution in [3.63, 3.8) is 0 Å². The van der Waals surface area contributed by atoms with Gasteiger partial charge in [0.1, 0.15) is 17.3 Å². The first kappa shape index (κ1) is 31.1. The summed E-state index contributed by atoms with van der Waals surface area (Å²) in [5.74, 6) is 0.589. The van der Waals surface area contributed by atoms with E-state index in [1.807, 2.05) is 64.1 Å². The molecule has 3 aromatic carbocycles. The second-order valence-electron chi connectivity index (χ2n) is 10.9. The van der Waals surface area contributed by atoms with E-state index in [4.69, 9.17) is 16.2 Å². The van der Waals surface area contributed by atoms with Gasteiger partial charge in [-0.2, -0.15) is 0 Å². The van der Waals surface area contributed by atoms with Crippen molar-refractivity contribution in [1.29, 1.82) is 0 Å². The van der Waals surface area contributed by atoms with Crippen molar-refractivity contribution in [3.8, 4) is 17.0 Å². The van der Waals surface area contributed by atoms with E-state index in [0.717, 1.165) is 44.8 Å². The van der Waals surface area contributed by atoms with Crippen LogP contribution >= 0.6 is 0 Å². The predicted octanol–water partition coefficient (Wildman–Crippen LogP) is 5.30. The summed E-state index contributed by atoms with van der Waals surface area (Å²) in [4.78, 5) is 35.5. The number of nitrogens with zero attached hydrogens (tertiary/aromatic N) is 2. The maximum atomic E-state index is 14.1. The molecule has 0 aliphatic carbocycles. The number of aliphatic hydroxyl groups excluding tert-OH is 1. The minimum atomic E-state index is -0.847. The average Bonchev–Trinajstić information content (AvgIpc) is 3.47. The van der Waals surface area contributed by atoms with Gasteiger partial charge in [-0.3, -0.25) is 9.59 Å². The number of aromatic nitrogens is 2.